The molecule has 2 heterocycles. The number of nitrogens with one attached hydrogen (secondary N) is 2. The number of aliphatic carboxylic acids is 1. The SMILES string of the molecule is Cc1ccc(F)cc1S(=O)(=O)Nc1cc(Cl)cc(-c2nc(C(C)(C)C)sc2-c2ccnc(NCC(C)CC(=O)O)n2)c1F. The Morgan fingerprint density at radius 3 is 2.53 bits per heavy atom. The van der Waals surface area contributed by atoms with Crippen molar-refractivity contribution in [2.24, 2.45) is 5.92 Å². The van der Waals surface area contributed by atoms with E-state index in [-0.39, 0.29) is 45.0 Å². The molecule has 4 aromatic rings. The Labute approximate surface area is 257 Å². The number of rotatable bonds is 10. The molecule has 0 saturated carbocycles. The molecule has 0 amide bonds. The van der Waals surface area contributed by atoms with Gasteiger partial charge in [-0.05, 0) is 48.7 Å². The highest BCUT2D eigenvalue weighted by Gasteiger charge is 2.28. The number of anilines is 2. The number of sulfonamides is 1. The van der Waals surface area contributed by atoms with Crippen molar-refractivity contribution in [1.29, 1.82) is 0 Å². The first-order valence-electron chi connectivity index (χ1n) is 13.1. The molecule has 0 aliphatic rings. The average molecular weight is 650 g/mol. The molecule has 14 heteroatoms. The lowest BCUT2D eigenvalue weighted by atomic mass is 9.98. The van der Waals surface area contributed by atoms with Crippen molar-refractivity contribution in [3.63, 3.8) is 0 Å². The van der Waals surface area contributed by atoms with Gasteiger partial charge in [-0.3, -0.25) is 9.52 Å². The largest absolute Gasteiger partial charge is 0.481 e. The number of hydrogen-bond acceptors (Lipinski definition) is 8. The fourth-order valence-electron chi connectivity index (χ4n) is 4.10. The van der Waals surface area contributed by atoms with E-state index in [0.717, 1.165) is 18.2 Å². The lowest BCUT2D eigenvalue weighted by Gasteiger charge is -2.14. The second-order valence-electron chi connectivity index (χ2n) is 11.1. The van der Waals surface area contributed by atoms with Gasteiger partial charge in [-0.2, -0.15) is 0 Å². The molecule has 0 bridgehead atoms. The Morgan fingerprint density at radius 1 is 1.14 bits per heavy atom. The zero-order chi connectivity index (χ0) is 31.7. The lowest BCUT2D eigenvalue weighted by Crippen LogP contribution is -2.16. The van der Waals surface area contributed by atoms with Crippen LogP contribution >= 0.6 is 22.9 Å². The van der Waals surface area contributed by atoms with Crippen molar-refractivity contribution in [2.75, 3.05) is 16.6 Å². The summed E-state index contributed by atoms with van der Waals surface area (Å²) in [6.45, 7) is 9.45. The maximum atomic E-state index is 16.2. The summed E-state index contributed by atoms with van der Waals surface area (Å²) < 4.78 is 58.6. The minimum absolute atomic E-state index is 0.0282. The fraction of sp³-hybridized carbons (Fsp3) is 0.310. The molecule has 9 nitrogen and oxygen atoms in total. The van der Waals surface area contributed by atoms with Crippen LogP contribution in [-0.2, 0) is 20.2 Å². The third-order valence-corrected chi connectivity index (χ3v) is 9.49. The van der Waals surface area contributed by atoms with Gasteiger partial charge in [-0.1, -0.05) is 45.4 Å². The number of aromatic nitrogens is 3. The molecular formula is C29H30ClF2N5O4S2. The highest BCUT2D eigenvalue weighted by Crippen LogP contribution is 2.43. The van der Waals surface area contributed by atoms with Crippen molar-refractivity contribution in [1.82, 2.24) is 15.0 Å². The number of halogens is 3. The molecule has 2 aromatic heterocycles. The highest BCUT2D eigenvalue weighted by atomic mass is 35.5. The second-order valence-corrected chi connectivity index (χ2v) is 14.2. The Morgan fingerprint density at radius 2 is 1.86 bits per heavy atom. The van der Waals surface area contributed by atoms with Gasteiger partial charge in [-0.15, -0.1) is 11.3 Å². The predicted molar refractivity (Wildman–Crippen MR) is 164 cm³/mol. The third-order valence-electron chi connectivity index (χ3n) is 6.27. The topological polar surface area (TPSA) is 134 Å². The molecule has 228 valence electrons. The molecule has 43 heavy (non-hydrogen) atoms. The van der Waals surface area contributed by atoms with E-state index in [1.54, 1.807) is 13.0 Å². The number of aryl methyl sites for hydroxylation is 1. The van der Waals surface area contributed by atoms with Crippen molar-refractivity contribution < 1.29 is 27.1 Å². The Hall–Kier alpha value is -3.68. The summed E-state index contributed by atoms with van der Waals surface area (Å²) in [6, 6.07) is 7.42. The summed E-state index contributed by atoms with van der Waals surface area (Å²) in [4.78, 5) is 24.7. The first-order valence-corrected chi connectivity index (χ1v) is 15.8. The summed E-state index contributed by atoms with van der Waals surface area (Å²) in [5, 5.41) is 12.8. The molecule has 1 atom stereocenters. The quantitative estimate of drug-likeness (QED) is 0.165. The highest BCUT2D eigenvalue weighted by molar-refractivity contribution is 7.92. The van der Waals surface area contributed by atoms with Gasteiger partial charge in [0.15, 0.2) is 5.82 Å². The van der Waals surface area contributed by atoms with Gasteiger partial charge in [0, 0.05) is 35.2 Å². The van der Waals surface area contributed by atoms with E-state index in [9.17, 15) is 17.6 Å². The molecule has 0 radical (unpaired) electrons. The predicted octanol–water partition coefficient (Wildman–Crippen LogP) is 7.13. The maximum absolute atomic E-state index is 16.2. The van der Waals surface area contributed by atoms with E-state index < -0.39 is 38.7 Å². The minimum atomic E-state index is -4.38. The van der Waals surface area contributed by atoms with Gasteiger partial charge in [0.2, 0.25) is 5.95 Å². The van der Waals surface area contributed by atoms with Gasteiger partial charge in [0.1, 0.15) is 5.82 Å². The van der Waals surface area contributed by atoms with Gasteiger partial charge >= 0.3 is 5.97 Å². The lowest BCUT2D eigenvalue weighted by molar-refractivity contribution is -0.137. The molecule has 1 unspecified atom stereocenters. The van der Waals surface area contributed by atoms with Crippen LogP contribution in [0.3, 0.4) is 0 Å². The number of carboxylic acid groups (broad SMARTS) is 1. The summed E-state index contributed by atoms with van der Waals surface area (Å²) in [5.74, 6) is -2.53. The smallest absolute Gasteiger partial charge is 0.303 e. The minimum Gasteiger partial charge on any atom is -0.481 e. The Kier molecular flexibility index (Phi) is 9.38. The molecule has 3 N–H and O–H groups in total. The van der Waals surface area contributed by atoms with Gasteiger partial charge in [0.05, 0.1) is 31.9 Å². The normalized spacial score (nSPS) is 12.7. The van der Waals surface area contributed by atoms with Gasteiger partial charge in [-0.25, -0.2) is 32.2 Å². The molecule has 2 aromatic carbocycles. The zero-order valence-electron chi connectivity index (χ0n) is 24.0. The van der Waals surface area contributed by atoms with E-state index in [0.29, 0.717) is 22.1 Å². The first kappa shape index (κ1) is 32.2. The average Bonchev–Trinajstić information content (AvgIpc) is 3.36. The van der Waals surface area contributed by atoms with Crippen LogP contribution in [0.15, 0.2) is 47.5 Å². The molecule has 0 saturated heterocycles. The zero-order valence-corrected chi connectivity index (χ0v) is 26.4. The molecule has 0 spiro atoms. The van der Waals surface area contributed by atoms with Crippen LogP contribution in [0, 0.1) is 24.5 Å². The van der Waals surface area contributed by atoms with E-state index in [1.165, 1.54) is 36.6 Å². The Balaban J connectivity index is 1.79. The van der Waals surface area contributed by atoms with Crippen molar-refractivity contribution in [2.45, 2.75) is 51.3 Å². The molecule has 0 aliphatic heterocycles. The van der Waals surface area contributed by atoms with Crippen molar-refractivity contribution >= 4 is 50.6 Å². The summed E-state index contributed by atoms with van der Waals surface area (Å²) in [5.41, 5.74) is -0.0268. The molecule has 0 aliphatic carbocycles. The Bertz CT molecular complexity index is 1790. The summed E-state index contributed by atoms with van der Waals surface area (Å²) >= 11 is 7.66. The van der Waals surface area contributed by atoms with Crippen molar-refractivity contribution in [3.8, 4) is 21.8 Å². The number of carbonyl (C=O) groups is 1. The number of benzene rings is 2. The fourth-order valence-corrected chi connectivity index (χ4v) is 6.74. The second kappa shape index (κ2) is 12.5. The van der Waals surface area contributed by atoms with E-state index in [4.69, 9.17) is 21.7 Å². The first-order chi connectivity index (χ1) is 20.0. The summed E-state index contributed by atoms with van der Waals surface area (Å²) in [7, 11) is -4.38. The number of carboxylic acids is 1. The van der Waals surface area contributed by atoms with E-state index in [1.807, 2.05) is 20.8 Å². The standard InChI is InChI=1S/C29H30ClF2N5O4S2/c1-15(10-23(38)39)14-34-28-33-9-8-20(35-28)26-25(36-27(42-26)29(3,4)5)19-11-17(30)12-21(24(19)32)37-43(40,41)22-13-18(31)7-6-16(22)2/h6-9,11-13,15,37H,10,14H2,1-5H3,(H,38,39)(H,33,34,35). The van der Waals surface area contributed by atoms with Crippen LogP contribution in [-0.4, -0.2) is 41.0 Å². The number of nitrogens with zero attached hydrogens (tertiary/aromatic N) is 3. The molecule has 4 rings (SSSR count). The van der Waals surface area contributed by atoms with Crippen LogP contribution in [0.2, 0.25) is 5.02 Å². The van der Waals surface area contributed by atoms with Crippen LogP contribution in [0.1, 0.15) is 44.7 Å². The van der Waals surface area contributed by atoms with Crippen molar-refractivity contribution in [3.05, 3.63) is 69.8 Å². The number of thiazole rings is 1. The van der Waals surface area contributed by atoms with Crippen LogP contribution in [0.4, 0.5) is 20.4 Å². The summed E-state index contributed by atoms with van der Waals surface area (Å²) in [6.07, 6.45) is 1.49. The van der Waals surface area contributed by atoms with E-state index in [2.05, 4.69) is 20.0 Å². The van der Waals surface area contributed by atoms with Crippen LogP contribution in [0.25, 0.3) is 21.8 Å². The van der Waals surface area contributed by atoms with Crippen LogP contribution in [0.5, 0.6) is 0 Å². The monoisotopic (exact) mass is 649 g/mol. The maximum Gasteiger partial charge on any atom is 0.303 e. The van der Waals surface area contributed by atoms with Crippen LogP contribution < -0.4 is 10.0 Å². The van der Waals surface area contributed by atoms with E-state index >= 15 is 4.39 Å². The third kappa shape index (κ3) is 7.64. The molecule has 0 fully saturated rings. The van der Waals surface area contributed by atoms with Gasteiger partial charge < -0.3 is 10.4 Å². The molecular weight excluding hydrogens is 620 g/mol. The number of hydrogen-bond donors (Lipinski definition) is 3. The van der Waals surface area contributed by atoms with Gasteiger partial charge in [0.25, 0.3) is 10.0 Å².